The molecule has 2 heterocycles. The fraction of sp³-hybridized carbons (Fsp3) is 0.231. The van der Waals surface area contributed by atoms with E-state index in [1.54, 1.807) is 9.80 Å². The molecule has 1 saturated heterocycles. The summed E-state index contributed by atoms with van der Waals surface area (Å²) in [5.74, 6) is -1.56. The Labute approximate surface area is 200 Å². The number of fused-ring (bicyclic) bond motifs is 2. The van der Waals surface area contributed by atoms with E-state index in [1.807, 2.05) is 56.3 Å². The second kappa shape index (κ2) is 8.43. The summed E-state index contributed by atoms with van der Waals surface area (Å²) >= 11 is 1.42. The van der Waals surface area contributed by atoms with Gasteiger partial charge in [-0.3, -0.25) is 9.69 Å². The predicted octanol–water partition coefficient (Wildman–Crippen LogP) is 5.56. The molecule has 5 rings (SSSR count). The van der Waals surface area contributed by atoms with Gasteiger partial charge in [0.2, 0.25) is 0 Å². The Balaban J connectivity index is 1.53. The van der Waals surface area contributed by atoms with E-state index >= 15 is 0 Å². The van der Waals surface area contributed by atoms with Crippen LogP contribution in [0.25, 0.3) is 0 Å². The number of benzene rings is 3. The first-order chi connectivity index (χ1) is 16.3. The quantitative estimate of drug-likeness (QED) is 0.535. The molecule has 2 aliphatic heterocycles. The van der Waals surface area contributed by atoms with Crippen molar-refractivity contribution in [2.75, 3.05) is 22.5 Å². The molecule has 1 fully saturated rings. The van der Waals surface area contributed by atoms with Crippen molar-refractivity contribution < 1.29 is 18.4 Å². The van der Waals surface area contributed by atoms with Crippen molar-refractivity contribution in [2.45, 2.75) is 25.3 Å². The highest BCUT2D eigenvalue weighted by atomic mass is 32.2. The highest BCUT2D eigenvalue weighted by Crippen LogP contribution is 2.54. The van der Waals surface area contributed by atoms with Crippen molar-refractivity contribution in [3.05, 3.63) is 94.6 Å². The minimum absolute atomic E-state index is 0.0712. The van der Waals surface area contributed by atoms with Crippen LogP contribution in [0.1, 0.15) is 22.3 Å². The van der Waals surface area contributed by atoms with Crippen LogP contribution in [0, 0.1) is 25.5 Å². The molecule has 174 valence electrons. The number of nitrogens with one attached hydrogen (secondary N) is 1. The number of halogens is 2. The van der Waals surface area contributed by atoms with E-state index in [0.717, 1.165) is 28.8 Å². The number of rotatable bonds is 3. The molecular formula is C26H23F2N3O2S. The van der Waals surface area contributed by atoms with Gasteiger partial charge in [0.15, 0.2) is 16.5 Å². The molecule has 1 N–H and O–H groups in total. The molecule has 2 aliphatic rings. The lowest BCUT2D eigenvalue weighted by Gasteiger charge is -2.33. The van der Waals surface area contributed by atoms with Gasteiger partial charge in [-0.05, 0) is 55.3 Å². The van der Waals surface area contributed by atoms with Crippen molar-refractivity contribution >= 4 is 35.1 Å². The zero-order valence-electron chi connectivity index (χ0n) is 18.8. The average Bonchev–Trinajstić information content (AvgIpc) is 3.34. The van der Waals surface area contributed by atoms with Crippen LogP contribution in [0.15, 0.2) is 60.7 Å². The molecule has 8 heteroatoms. The van der Waals surface area contributed by atoms with E-state index < -0.39 is 16.5 Å². The van der Waals surface area contributed by atoms with Crippen molar-refractivity contribution in [2.24, 2.45) is 0 Å². The number of thioether (sulfide) groups is 1. The fourth-order valence-electron chi connectivity index (χ4n) is 4.62. The predicted molar refractivity (Wildman–Crippen MR) is 130 cm³/mol. The van der Waals surface area contributed by atoms with Crippen molar-refractivity contribution in [1.29, 1.82) is 0 Å². The molecular weight excluding hydrogens is 456 g/mol. The summed E-state index contributed by atoms with van der Waals surface area (Å²) in [5.41, 5.74) is 4.51. The third kappa shape index (κ3) is 3.62. The number of carbonyl (C=O) groups is 2. The summed E-state index contributed by atoms with van der Waals surface area (Å²) in [5, 5.41) is 2.93. The van der Waals surface area contributed by atoms with Crippen LogP contribution >= 0.6 is 11.8 Å². The highest BCUT2D eigenvalue weighted by Gasteiger charge is 2.59. The second-order valence-electron chi connectivity index (χ2n) is 8.60. The Morgan fingerprint density at radius 3 is 2.59 bits per heavy atom. The second-order valence-corrected chi connectivity index (χ2v) is 9.89. The average molecular weight is 480 g/mol. The maximum Gasteiger partial charge on any atom is 0.323 e. The topological polar surface area (TPSA) is 52.7 Å². The number of hydrogen-bond donors (Lipinski definition) is 1. The van der Waals surface area contributed by atoms with Crippen LogP contribution in [0.5, 0.6) is 0 Å². The van der Waals surface area contributed by atoms with Gasteiger partial charge >= 0.3 is 6.03 Å². The van der Waals surface area contributed by atoms with E-state index in [4.69, 9.17) is 0 Å². The Bertz CT molecular complexity index is 1310. The molecule has 0 unspecified atom stereocenters. The normalized spacial score (nSPS) is 19.1. The summed E-state index contributed by atoms with van der Waals surface area (Å²) in [4.78, 5) is 29.3. The number of amides is 3. The number of anilines is 2. The highest BCUT2D eigenvalue weighted by molar-refractivity contribution is 8.01. The molecule has 0 radical (unpaired) electrons. The lowest BCUT2D eigenvalue weighted by atomic mass is 10.0. The lowest BCUT2D eigenvalue weighted by Crippen LogP contribution is -2.51. The van der Waals surface area contributed by atoms with Gasteiger partial charge in [-0.25, -0.2) is 13.6 Å². The van der Waals surface area contributed by atoms with Gasteiger partial charge in [0, 0.05) is 23.5 Å². The first-order valence-electron chi connectivity index (χ1n) is 11.0. The monoisotopic (exact) mass is 479 g/mol. The summed E-state index contributed by atoms with van der Waals surface area (Å²) in [6.45, 7) is 4.36. The molecule has 3 amide bonds. The Hall–Kier alpha value is -3.39. The first-order valence-corrected chi connectivity index (χ1v) is 11.9. The third-order valence-corrected chi connectivity index (χ3v) is 7.61. The third-order valence-electron chi connectivity index (χ3n) is 6.19. The molecule has 1 spiro atoms. The number of aryl methyl sites for hydroxylation is 2. The minimum Gasteiger partial charge on any atom is -0.308 e. The van der Waals surface area contributed by atoms with Gasteiger partial charge in [0.05, 0.1) is 12.2 Å². The first kappa shape index (κ1) is 22.4. The number of hydrogen-bond acceptors (Lipinski definition) is 3. The molecule has 5 nitrogen and oxygen atoms in total. The summed E-state index contributed by atoms with van der Waals surface area (Å²) < 4.78 is 27.3. The number of nitrogens with zero attached hydrogens (tertiary/aromatic N) is 2. The standard InChI is InChI=1S/C26H23F2N3O2S/c1-16-4-3-5-19(12-16)29-25(33)31-10-11-34-26(31)20-13-17(2)6-9-23(20)30(24(26)32)15-18-7-8-21(27)22(28)14-18/h3-9,12-14H,10-11,15H2,1-2H3,(H,29,33)/t26-/m0/s1. The Morgan fingerprint density at radius 2 is 1.82 bits per heavy atom. The zero-order chi connectivity index (χ0) is 24.0. The van der Waals surface area contributed by atoms with Crippen molar-refractivity contribution in [1.82, 2.24) is 4.90 Å². The van der Waals surface area contributed by atoms with Gasteiger partial charge in [0.1, 0.15) is 0 Å². The Morgan fingerprint density at radius 1 is 1.03 bits per heavy atom. The van der Waals surface area contributed by atoms with E-state index in [9.17, 15) is 18.4 Å². The van der Waals surface area contributed by atoms with E-state index in [0.29, 0.717) is 29.2 Å². The lowest BCUT2D eigenvalue weighted by molar-refractivity contribution is -0.123. The maximum absolute atomic E-state index is 14.0. The van der Waals surface area contributed by atoms with Crippen LogP contribution < -0.4 is 10.2 Å². The molecule has 3 aromatic carbocycles. The van der Waals surface area contributed by atoms with E-state index in [2.05, 4.69) is 5.32 Å². The molecule has 3 aromatic rings. The minimum atomic E-state index is -1.21. The molecule has 1 atom stereocenters. The van der Waals surface area contributed by atoms with Gasteiger partial charge in [-0.2, -0.15) is 0 Å². The van der Waals surface area contributed by atoms with Gasteiger partial charge in [-0.15, -0.1) is 11.8 Å². The van der Waals surface area contributed by atoms with E-state index in [1.165, 1.54) is 17.8 Å². The van der Waals surface area contributed by atoms with Gasteiger partial charge in [0.25, 0.3) is 5.91 Å². The Kier molecular flexibility index (Phi) is 5.56. The largest absolute Gasteiger partial charge is 0.323 e. The van der Waals surface area contributed by atoms with Crippen LogP contribution in [-0.4, -0.2) is 29.1 Å². The summed E-state index contributed by atoms with van der Waals surface area (Å²) in [7, 11) is 0. The van der Waals surface area contributed by atoms with Crippen molar-refractivity contribution in [3.63, 3.8) is 0 Å². The number of carbonyl (C=O) groups excluding carboxylic acids is 2. The SMILES string of the molecule is Cc1cccc(NC(=O)N2CCS[C@@]23C(=O)N(Cc2ccc(F)c(F)c2)c2ccc(C)cc23)c1. The van der Waals surface area contributed by atoms with Crippen LogP contribution in [-0.2, 0) is 16.2 Å². The smallest absolute Gasteiger partial charge is 0.308 e. The van der Waals surface area contributed by atoms with Crippen LogP contribution in [0.4, 0.5) is 25.0 Å². The van der Waals surface area contributed by atoms with Crippen LogP contribution in [0.2, 0.25) is 0 Å². The van der Waals surface area contributed by atoms with Crippen molar-refractivity contribution in [3.8, 4) is 0 Å². The molecule has 0 aromatic heterocycles. The van der Waals surface area contributed by atoms with E-state index in [-0.39, 0.29) is 18.5 Å². The molecule has 0 saturated carbocycles. The molecule has 0 aliphatic carbocycles. The number of urea groups is 1. The van der Waals surface area contributed by atoms with Gasteiger partial charge < -0.3 is 10.2 Å². The molecule has 34 heavy (non-hydrogen) atoms. The fourth-order valence-corrected chi connectivity index (χ4v) is 6.07. The van der Waals surface area contributed by atoms with Gasteiger partial charge in [-0.1, -0.05) is 35.9 Å². The summed E-state index contributed by atoms with van der Waals surface area (Å²) in [6, 6.07) is 16.5. The molecule has 0 bridgehead atoms. The summed E-state index contributed by atoms with van der Waals surface area (Å²) in [6.07, 6.45) is 0. The maximum atomic E-state index is 14.0. The van der Waals surface area contributed by atoms with Crippen LogP contribution in [0.3, 0.4) is 0 Å². The zero-order valence-corrected chi connectivity index (χ0v) is 19.6.